The molecule has 0 unspecified atom stereocenters. The molecule has 1 N–H and O–H groups in total. The number of nitrogens with zero attached hydrogens (tertiary/aromatic N) is 2. The van der Waals surface area contributed by atoms with Crippen molar-refractivity contribution in [3.63, 3.8) is 0 Å². The number of rotatable bonds is 6. The van der Waals surface area contributed by atoms with Crippen molar-refractivity contribution in [1.82, 2.24) is 4.90 Å². The fraction of sp³-hybridized carbons (Fsp3) is 0.500. The summed E-state index contributed by atoms with van der Waals surface area (Å²) >= 11 is 0. The molecule has 0 aliphatic heterocycles. The first-order valence-corrected chi connectivity index (χ1v) is 7.39. The second-order valence-electron chi connectivity index (χ2n) is 5.43. The molecule has 0 atom stereocenters. The number of carbonyl (C=O) groups excluding carboxylic acids is 1. The molecule has 1 saturated carbocycles. The lowest BCUT2D eigenvalue weighted by atomic mass is 10.2. The Hall–Kier alpha value is -2.04. The molecular weight excluding hydrogens is 268 g/mol. The van der Waals surface area contributed by atoms with Crippen LogP contribution < -0.4 is 4.90 Å². The molecule has 0 aromatic heterocycles. The summed E-state index contributed by atoms with van der Waals surface area (Å²) in [6.07, 6.45) is 1.93. The minimum Gasteiger partial charge on any atom is -0.481 e. The number of carboxylic acid groups (broad SMARTS) is 1. The molecule has 114 valence electrons. The third kappa shape index (κ3) is 3.97. The molecule has 21 heavy (non-hydrogen) atoms. The van der Waals surface area contributed by atoms with Crippen molar-refractivity contribution in [3.05, 3.63) is 29.8 Å². The van der Waals surface area contributed by atoms with Crippen LogP contribution in [0.2, 0.25) is 0 Å². The first-order valence-electron chi connectivity index (χ1n) is 7.39. The number of aliphatic carboxylic acids is 1. The van der Waals surface area contributed by atoms with Crippen molar-refractivity contribution >= 4 is 17.7 Å². The highest BCUT2D eigenvalue weighted by Gasteiger charge is 2.35. The van der Waals surface area contributed by atoms with E-state index in [4.69, 9.17) is 5.11 Å². The van der Waals surface area contributed by atoms with Crippen LogP contribution in [0, 0.1) is 6.92 Å². The van der Waals surface area contributed by atoms with Crippen LogP contribution in [-0.4, -0.2) is 41.1 Å². The first kappa shape index (κ1) is 15.4. The number of aryl methyl sites for hydroxylation is 1. The number of carbonyl (C=O) groups is 2. The lowest BCUT2D eigenvalue weighted by molar-refractivity contribution is -0.137. The van der Waals surface area contributed by atoms with Crippen molar-refractivity contribution in [2.45, 2.75) is 39.2 Å². The van der Waals surface area contributed by atoms with Gasteiger partial charge in [0.15, 0.2) is 0 Å². The van der Waals surface area contributed by atoms with Crippen molar-refractivity contribution in [2.24, 2.45) is 0 Å². The van der Waals surface area contributed by atoms with Crippen molar-refractivity contribution < 1.29 is 14.7 Å². The van der Waals surface area contributed by atoms with Crippen molar-refractivity contribution in [2.75, 3.05) is 18.0 Å². The highest BCUT2D eigenvalue weighted by atomic mass is 16.4. The number of hydrogen-bond donors (Lipinski definition) is 1. The SMILES string of the molecule is CCN(C(=O)N(CCC(=O)O)C1CC1)c1cccc(C)c1. The average Bonchev–Trinajstić information content (AvgIpc) is 3.24. The Bertz CT molecular complexity index is 526. The molecule has 1 aromatic carbocycles. The first-order chi connectivity index (χ1) is 10.0. The molecule has 2 amide bonds. The predicted molar refractivity (Wildman–Crippen MR) is 81.6 cm³/mol. The van der Waals surface area contributed by atoms with E-state index in [-0.39, 0.29) is 25.0 Å². The van der Waals surface area contributed by atoms with Gasteiger partial charge in [0.1, 0.15) is 0 Å². The van der Waals surface area contributed by atoms with E-state index in [9.17, 15) is 9.59 Å². The van der Waals surface area contributed by atoms with Gasteiger partial charge < -0.3 is 10.0 Å². The summed E-state index contributed by atoms with van der Waals surface area (Å²) in [5, 5.41) is 8.84. The average molecular weight is 290 g/mol. The Morgan fingerprint density at radius 3 is 2.57 bits per heavy atom. The number of amides is 2. The number of anilines is 1. The van der Waals surface area contributed by atoms with Crippen molar-refractivity contribution in [1.29, 1.82) is 0 Å². The topological polar surface area (TPSA) is 60.9 Å². The summed E-state index contributed by atoms with van der Waals surface area (Å²) in [5.41, 5.74) is 1.96. The van der Waals surface area contributed by atoms with E-state index in [1.807, 2.05) is 38.1 Å². The Labute approximate surface area is 125 Å². The van der Waals surface area contributed by atoms with Gasteiger partial charge in [-0.1, -0.05) is 12.1 Å². The van der Waals surface area contributed by atoms with Gasteiger partial charge in [-0.2, -0.15) is 0 Å². The molecule has 2 rings (SSSR count). The van der Waals surface area contributed by atoms with E-state index < -0.39 is 5.97 Å². The van der Waals surface area contributed by atoms with E-state index in [0.717, 1.165) is 24.1 Å². The number of urea groups is 1. The van der Waals surface area contributed by atoms with Crippen LogP contribution in [0.5, 0.6) is 0 Å². The predicted octanol–water partition coefficient (Wildman–Crippen LogP) is 2.88. The highest BCUT2D eigenvalue weighted by Crippen LogP contribution is 2.29. The van der Waals surface area contributed by atoms with Gasteiger partial charge >= 0.3 is 12.0 Å². The summed E-state index contributed by atoms with van der Waals surface area (Å²) in [4.78, 5) is 26.9. The maximum Gasteiger partial charge on any atom is 0.324 e. The van der Waals surface area contributed by atoms with E-state index in [1.54, 1.807) is 9.80 Å². The Morgan fingerprint density at radius 1 is 1.33 bits per heavy atom. The summed E-state index contributed by atoms with van der Waals surface area (Å²) in [7, 11) is 0. The van der Waals surface area contributed by atoms with Crippen LogP contribution in [0.15, 0.2) is 24.3 Å². The Balaban J connectivity index is 2.15. The van der Waals surface area contributed by atoms with Gasteiger partial charge in [-0.3, -0.25) is 9.69 Å². The van der Waals surface area contributed by atoms with E-state index in [2.05, 4.69) is 0 Å². The minimum absolute atomic E-state index is 0.00634. The zero-order chi connectivity index (χ0) is 15.4. The molecule has 5 heteroatoms. The van der Waals surface area contributed by atoms with Crippen LogP contribution in [0.1, 0.15) is 31.7 Å². The van der Waals surface area contributed by atoms with Gasteiger partial charge in [-0.15, -0.1) is 0 Å². The molecule has 1 aliphatic carbocycles. The van der Waals surface area contributed by atoms with Crippen LogP contribution in [0.3, 0.4) is 0 Å². The molecule has 0 bridgehead atoms. The smallest absolute Gasteiger partial charge is 0.324 e. The van der Waals surface area contributed by atoms with Crippen LogP contribution in [0.4, 0.5) is 10.5 Å². The number of benzene rings is 1. The highest BCUT2D eigenvalue weighted by molar-refractivity contribution is 5.92. The zero-order valence-electron chi connectivity index (χ0n) is 12.6. The van der Waals surface area contributed by atoms with E-state index in [0.29, 0.717) is 6.54 Å². The largest absolute Gasteiger partial charge is 0.481 e. The molecule has 0 saturated heterocycles. The second-order valence-corrected chi connectivity index (χ2v) is 5.43. The van der Waals surface area contributed by atoms with E-state index in [1.165, 1.54) is 0 Å². The lowest BCUT2D eigenvalue weighted by Gasteiger charge is -2.30. The van der Waals surface area contributed by atoms with Crippen molar-refractivity contribution in [3.8, 4) is 0 Å². The van der Waals surface area contributed by atoms with Crippen LogP contribution >= 0.6 is 0 Å². The van der Waals surface area contributed by atoms with Gasteiger partial charge in [0.25, 0.3) is 0 Å². The van der Waals surface area contributed by atoms with Gasteiger partial charge in [0.05, 0.1) is 6.42 Å². The van der Waals surface area contributed by atoms with E-state index >= 15 is 0 Å². The second kappa shape index (κ2) is 6.61. The molecule has 0 heterocycles. The molecule has 5 nitrogen and oxygen atoms in total. The third-order valence-corrected chi connectivity index (χ3v) is 3.66. The molecule has 1 aliphatic rings. The molecule has 0 radical (unpaired) electrons. The van der Waals surface area contributed by atoms with Crippen LogP contribution in [-0.2, 0) is 4.79 Å². The zero-order valence-corrected chi connectivity index (χ0v) is 12.6. The summed E-state index contributed by atoms with van der Waals surface area (Å²) in [6.45, 7) is 4.77. The van der Waals surface area contributed by atoms with Gasteiger partial charge in [0.2, 0.25) is 0 Å². The normalized spacial score (nSPS) is 13.8. The molecule has 1 aromatic rings. The lowest BCUT2D eigenvalue weighted by Crippen LogP contribution is -2.45. The Kier molecular flexibility index (Phi) is 4.83. The fourth-order valence-electron chi connectivity index (χ4n) is 2.42. The monoisotopic (exact) mass is 290 g/mol. The molecule has 0 spiro atoms. The number of hydrogen-bond acceptors (Lipinski definition) is 2. The maximum atomic E-state index is 12.7. The summed E-state index contributed by atoms with van der Waals surface area (Å²) in [6, 6.07) is 7.92. The summed E-state index contributed by atoms with van der Waals surface area (Å²) in [5.74, 6) is -0.868. The molecule has 1 fully saturated rings. The fourth-order valence-corrected chi connectivity index (χ4v) is 2.42. The standard InChI is InChI=1S/C16H22N2O3/c1-3-17(14-6-4-5-12(2)11-14)16(21)18(13-7-8-13)10-9-15(19)20/h4-6,11,13H,3,7-10H2,1-2H3,(H,19,20). The Morgan fingerprint density at radius 2 is 2.05 bits per heavy atom. The van der Waals surface area contributed by atoms with Gasteiger partial charge in [-0.05, 0) is 44.4 Å². The number of carboxylic acids is 1. The van der Waals surface area contributed by atoms with Crippen LogP contribution in [0.25, 0.3) is 0 Å². The quantitative estimate of drug-likeness (QED) is 0.876. The molecular formula is C16H22N2O3. The maximum absolute atomic E-state index is 12.7. The van der Waals surface area contributed by atoms with Gasteiger partial charge in [0, 0.05) is 24.8 Å². The minimum atomic E-state index is -0.868. The summed E-state index contributed by atoms with van der Waals surface area (Å²) < 4.78 is 0. The van der Waals surface area contributed by atoms with Gasteiger partial charge in [-0.25, -0.2) is 4.79 Å². The third-order valence-electron chi connectivity index (χ3n) is 3.66.